The van der Waals surface area contributed by atoms with Gasteiger partial charge in [-0.05, 0) is 39.0 Å². The van der Waals surface area contributed by atoms with E-state index >= 15 is 0 Å². The highest BCUT2D eigenvalue weighted by molar-refractivity contribution is 5.80. The van der Waals surface area contributed by atoms with E-state index in [9.17, 15) is 9.59 Å². The number of rotatable bonds is 8. The van der Waals surface area contributed by atoms with Crippen LogP contribution in [0.5, 0.6) is 0 Å². The van der Waals surface area contributed by atoms with Crippen molar-refractivity contribution in [1.82, 2.24) is 5.32 Å². The van der Waals surface area contributed by atoms with Gasteiger partial charge >= 0.3 is 5.97 Å². The average Bonchev–Trinajstić information content (AvgIpc) is 2.44. The normalized spacial score (nSPS) is 24.1. The van der Waals surface area contributed by atoms with Gasteiger partial charge in [-0.25, -0.2) is 0 Å². The zero-order chi connectivity index (χ0) is 15.0. The summed E-state index contributed by atoms with van der Waals surface area (Å²) in [6.45, 7) is 2.93. The van der Waals surface area contributed by atoms with E-state index in [4.69, 9.17) is 14.6 Å². The fourth-order valence-electron chi connectivity index (χ4n) is 2.37. The van der Waals surface area contributed by atoms with Crippen LogP contribution in [-0.4, -0.2) is 49.5 Å². The average molecular weight is 287 g/mol. The van der Waals surface area contributed by atoms with Crippen molar-refractivity contribution in [3.05, 3.63) is 0 Å². The van der Waals surface area contributed by atoms with Crippen molar-refractivity contribution in [2.24, 2.45) is 5.92 Å². The van der Waals surface area contributed by atoms with Crippen LogP contribution in [0.3, 0.4) is 0 Å². The number of nitrogens with one attached hydrogen (secondary N) is 1. The van der Waals surface area contributed by atoms with Crippen LogP contribution in [-0.2, 0) is 19.1 Å². The van der Waals surface area contributed by atoms with Crippen molar-refractivity contribution in [2.75, 3.05) is 20.3 Å². The van der Waals surface area contributed by atoms with Gasteiger partial charge in [-0.3, -0.25) is 9.59 Å². The zero-order valence-electron chi connectivity index (χ0n) is 12.3. The van der Waals surface area contributed by atoms with Crippen LogP contribution in [0.2, 0.25) is 0 Å². The van der Waals surface area contributed by atoms with Crippen molar-refractivity contribution in [2.45, 2.75) is 51.2 Å². The van der Waals surface area contributed by atoms with E-state index in [1.807, 2.05) is 0 Å². The summed E-state index contributed by atoms with van der Waals surface area (Å²) in [5, 5.41) is 11.7. The highest BCUT2D eigenvalue weighted by Crippen LogP contribution is 2.27. The summed E-state index contributed by atoms with van der Waals surface area (Å²) in [5.74, 6) is -1.11. The number of carboxylic acids is 1. The first-order valence-electron chi connectivity index (χ1n) is 7.19. The van der Waals surface area contributed by atoms with Gasteiger partial charge in [0.2, 0.25) is 5.91 Å². The molecule has 0 saturated heterocycles. The Morgan fingerprint density at radius 2 is 1.95 bits per heavy atom. The third-order valence-corrected chi connectivity index (χ3v) is 3.61. The van der Waals surface area contributed by atoms with Crippen molar-refractivity contribution in [3.8, 4) is 0 Å². The fraction of sp³-hybridized carbons (Fsp3) is 0.857. The molecule has 1 aliphatic carbocycles. The molecule has 1 atom stereocenters. The van der Waals surface area contributed by atoms with Gasteiger partial charge in [0.05, 0.1) is 12.0 Å². The zero-order valence-corrected chi connectivity index (χ0v) is 12.3. The second-order valence-corrected chi connectivity index (χ2v) is 5.23. The fourth-order valence-corrected chi connectivity index (χ4v) is 2.37. The molecule has 1 aliphatic rings. The molecule has 2 N–H and O–H groups in total. The maximum Gasteiger partial charge on any atom is 0.306 e. The van der Waals surface area contributed by atoms with Gasteiger partial charge in [0, 0.05) is 20.3 Å². The van der Waals surface area contributed by atoms with Crippen LogP contribution in [0.25, 0.3) is 0 Å². The first kappa shape index (κ1) is 16.9. The van der Waals surface area contributed by atoms with Crippen LogP contribution < -0.4 is 5.32 Å². The lowest BCUT2D eigenvalue weighted by atomic mass is 9.87. The monoisotopic (exact) mass is 287 g/mol. The minimum Gasteiger partial charge on any atom is -0.481 e. The van der Waals surface area contributed by atoms with Crippen molar-refractivity contribution in [1.29, 1.82) is 0 Å². The van der Waals surface area contributed by atoms with Crippen LogP contribution in [0, 0.1) is 5.92 Å². The molecule has 0 bridgehead atoms. The number of carbonyl (C=O) groups is 2. The number of aliphatic carboxylic acids is 1. The maximum absolute atomic E-state index is 11.8. The quantitative estimate of drug-likeness (QED) is 0.655. The van der Waals surface area contributed by atoms with Gasteiger partial charge in [-0.1, -0.05) is 0 Å². The van der Waals surface area contributed by atoms with E-state index in [1.54, 1.807) is 14.0 Å². The molecule has 20 heavy (non-hydrogen) atoms. The second kappa shape index (κ2) is 8.92. The standard InChI is InChI=1S/C14H25NO5/c1-10(13(16)15-8-3-9-19-2)20-12-6-4-11(5-7-12)14(17)18/h10-12H,3-9H2,1-2H3,(H,15,16)(H,17,18). The molecule has 0 aromatic rings. The Kier molecular flexibility index (Phi) is 7.54. The highest BCUT2D eigenvalue weighted by atomic mass is 16.5. The molecule has 6 heteroatoms. The highest BCUT2D eigenvalue weighted by Gasteiger charge is 2.28. The van der Waals surface area contributed by atoms with Crippen LogP contribution in [0.4, 0.5) is 0 Å². The summed E-state index contributed by atoms with van der Waals surface area (Å²) < 4.78 is 10.6. The largest absolute Gasteiger partial charge is 0.481 e. The SMILES string of the molecule is COCCCNC(=O)C(C)OC1CCC(C(=O)O)CC1. The van der Waals surface area contributed by atoms with E-state index in [-0.39, 0.29) is 17.9 Å². The number of amides is 1. The van der Waals surface area contributed by atoms with Gasteiger partial charge in [-0.15, -0.1) is 0 Å². The Hall–Kier alpha value is -1.14. The molecule has 0 aromatic carbocycles. The van der Waals surface area contributed by atoms with E-state index in [0.717, 1.165) is 6.42 Å². The van der Waals surface area contributed by atoms with Crippen molar-refractivity contribution < 1.29 is 24.2 Å². The Balaban J connectivity index is 2.20. The Morgan fingerprint density at radius 3 is 2.50 bits per heavy atom. The molecule has 0 heterocycles. The molecule has 1 amide bonds. The van der Waals surface area contributed by atoms with Gasteiger partial charge in [0.1, 0.15) is 6.10 Å². The number of carboxylic acid groups (broad SMARTS) is 1. The summed E-state index contributed by atoms with van der Waals surface area (Å²) in [7, 11) is 1.63. The molecule has 1 rings (SSSR count). The van der Waals surface area contributed by atoms with Crippen LogP contribution in [0.15, 0.2) is 0 Å². The lowest BCUT2D eigenvalue weighted by Gasteiger charge is -2.28. The van der Waals surface area contributed by atoms with Crippen LogP contribution >= 0.6 is 0 Å². The number of hydrogen-bond donors (Lipinski definition) is 2. The van der Waals surface area contributed by atoms with E-state index in [2.05, 4.69) is 5.32 Å². The van der Waals surface area contributed by atoms with E-state index in [0.29, 0.717) is 38.8 Å². The minimum atomic E-state index is -0.729. The number of hydrogen-bond acceptors (Lipinski definition) is 4. The molecule has 6 nitrogen and oxygen atoms in total. The molecule has 116 valence electrons. The summed E-state index contributed by atoms with van der Waals surface area (Å²) in [6.07, 6.45) is 2.94. The maximum atomic E-state index is 11.8. The second-order valence-electron chi connectivity index (χ2n) is 5.23. The summed E-state index contributed by atoms with van der Waals surface area (Å²) in [6, 6.07) is 0. The molecule has 0 spiro atoms. The number of carbonyl (C=O) groups excluding carboxylic acids is 1. The third-order valence-electron chi connectivity index (χ3n) is 3.61. The van der Waals surface area contributed by atoms with E-state index < -0.39 is 12.1 Å². The topological polar surface area (TPSA) is 84.9 Å². The predicted octanol–water partition coefficient (Wildman–Crippen LogP) is 1.19. The van der Waals surface area contributed by atoms with Gasteiger partial charge < -0.3 is 19.9 Å². The number of methoxy groups -OCH3 is 1. The lowest BCUT2D eigenvalue weighted by Crippen LogP contribution is -2.38. The Labute approximate surface area is 119 Å². The van der Waals surface area contributed by atoms with E-state index in [1.165, 1.54) is 0 Å². The summed E-state index contributed by atoms with van der Waals surface area (Å²) in [4.78, 5) is 22.6. The molecule has 1 fully saturated rings. The first-order valence-corrected chi connectivity index (χ1v) is 7.19. The molecule has 0 aliphatic heterocycles. The predicted molar refractivity (Wildman–Crippen MR) is 73.4 cm³/mol. The smallest absolute Gasteiger partial charge is 0.306 e. The third kappa shape index (κ3) is 5.88. The molecular formula is C14H25NO5. The van der Waals surface area contributed by atoms with Gasteiger partial charge in [0.15, 0.2) is 0 Å². The number of ether oxygens (including phenoxy) is 2. The van der Waals surface area contributed by atoms with Crippen molar-refractivity contribution >= 4 is 11.9 Å². The van der Waals surface area contributed by atoms with Crippen molar-refractivity contribution in [3.63, 3.8) is 0 Å². The lowest BCUT2D eigenvalue weighted by molar-refractivity contribution is -0.146. The Bertz CT molecular complexity index is 313. The first-order chi connectivity index (χ1) is 9.54. The summed E-state index contributed by atoms with van der Waals surface area (Å²) >= 11 is 0. The van der Waals surface area contributed by atoms with Gasteiger partial charge in [-0.2, -0.15) is 0 Å². The summed E-state index contributed by atoms with van der Waals surface area (Å²) in [5.41, 5.74) is 0. The minimum absolute atomic E-state index is 0.00896. The molecular weight excluding hydrogens is 262 g/mol. The van der Waals surface area contributed by atoms with Gasteiger partial charge in [0.25, 0.3) is 0 Å². The molecule has 1 saturated carbocycles. The molecule has 1 unspecified atom stereocenters. The van der Waals surface area contributed by atoms with Crippen LogP contribution in [0.1, 0.15) is 39.0 Å². The Morgan fingerprint density at radius 1 is 1.30 bits per heavy atom. The molecule has 0 aromatic heterocycles. The molecule has 0 radical (unpaired) electrons.